The molecule has 1 aromatic carbocycles. The highest BCUT2D eigenvalue weighted by atomic mass is 31.2. The van der Waals surface area contributed by atoms with Crippen LogP contribution in [0.2, 0.25) is 0 Å². The van der Waals surface area contributed by atoms with E-state index in [0.717, 1.165) is 0 Å². The van der Waals surface area contributed by atoms with E-state index in [2.05, 4.69) is 15.2 Å². The lowest BCUT2D eigenvalue weighted by Crippen LogP contribution is -2.51. The lowest BCUT2D eigenvalue weighted by Gasteiger charge is -2.36. The topological polar surface area (TPSA) is 192 Å². The van der Waals surface area contributed by atoms with E-state index >= 15 is 0 Å². The van der Waals surface area contributed by atoms with Crippen LogP contribution in [0.5, 0.6) is 5.75 Å². The van der Waals surface area contributed by atoms with Crippen molar-refractivity contribution in [3.05, 3.63) is 54.5 Å². The second-order valence-electron chi connectivity index (χ2n) is 10.5. The molecule has 0 bridgehead atoms. The highest BCUT2D eigenvalue weighted by Gasteiger charge is 2.87. The van der Waals surface area contributed by atoms with E-state index < -0.39 is 61.2 Å². The monoisotopic (exact) mass is 631 g/mol. The fourth-order valence-electron chi connectivity index (χ4n) is 5.36. The molecule has 0 amide bonds. The first-order chi connectivity index (χ1) is 20.9. The molecule has 16 heteroatoms. The molecular weight excluding hydrogens is 597 g/mol. The van der Waals surface area contributed by atoms with Crippen molar-refractivity contribution in [3.8, 4) is 5.75 Å². The molecule has 2 unspecified atom stereocenters. The SMILES string of the molecule is CCC(=O)O[C@@H]1[C@@]2(OC(=O)CC)C(OP(=O)(N[C@@H](C)C(=O)OC)Oc3ccccc3)[C@H]2O[C@@]1(C)c1ccc2c(N)ncnn12. The number of aromatic nitrogens is 3. The Morgan fingerprint density at radius 3 is 2.50 bits per heavy atom. The van der Waals surface area contributed by atoms with Gasteiger partial charge in [0.1, 0.15) is 41.4 Å². The summed E-state index contributed by atoms with van der Waals surface area (Å²) in [4.78, 5) is 42.0. The Morgan fingerprint density at radius 2 is 1.84 bits per heavy atom. The zero-order valence-corrected chi connectivity index (χ0v) is 25.7. The molecule has 3 N–H and O–H groups in total. The van der Waals surface area contributed by atoms with Crippen LogP contribution in [-0.4, -0.2) is 69.6 Å². The summed E-state index contributed by atoms with van der Waals surface area (Å²) < 4.78 is 50.8. The van der Waals surface area contributed by atoms with Gasteiger partial charge in [-0.15, -0.1) is 0 Å². The van der Waals surface area contributed by atoms with Gasteiger partial charge < -0.3 is 29.2 Å². The van der Waals surface area contributed by atoms with Gasteiger partial charge in [0.15, 0.2) is 11.9 Å². The summed E-state index contributed by atoms with van der Waals surface area (Å²) >= 11 is 0. The van der Waals surface area contributed by atoms with Crippen LogP contribution in [0.3, 0.4) is 0 Å². The molecule has 5 rings (SSSR count). The molecule has 7 atom stereocenters. The highest BCUT2D eigenvalue weighted by Crippen LogP contribution is 2.66. The maximum absolute atomic E-state index is 14.3. The fourth-order valence-corrected chi connectivity index (χ4v) is 7.07. The molecule has 44 heavy (non-hydrogen) atoms. The number of para-hydroxylation sites is 1. The van der Waals surface area contributed by atoms with Crippen LogP contribution >= 0.6 is 7.75 Å². The number of nitrogens with zero attached hydrogens (tertiary/aromatic N) is 3. The quantitative estimate of drug-likeness (QED) is 0.168. The molecule has 2 aromatic heterocycles. The van der Waals surface area contributed by atoms with E-state index in [-0.39, 0.29) is 24.4 Å². The molecular formula is C28H34N5O10P. The molecule has 15 nitrogen and oxygen atoms in total. The fraction of sp³-hybridized carbons (Fsp3) is 0.464. The Bertz CT molecular complexity index is 1620. The predicted octanol–water partition coefficient (Wildman–Crippen LogP) is 2.68. The number of anilines is 1. The summed E-state index contributed by atoms with van der Waals surface area (Å²) in [5, 5.41) is 6.88. The van der Waals surface area contributed by atoms with Gasteiger partial charge in [-0.25, -0.2) is 14.1 Å². The third kappa shape index (κ3) is 5.40. The van der Waals surface area contributed by atoms with Gasteiger partial charge in [0.25, 0.3) is 0 Å². The lowest BCUT2D eigenvalue weighted by molar-refractivity contribution is -0.188. The van der Waals surface area contributed by atoms with Crippen molar-refractivity contribution in [2.45, 2.75) is 76.1 Å². The van der Waals surface area contributed by atoms with Crippen molar-refractivity contribution in [1.82, 2.24) is 19.7 Å². The predicted molar refractivity (Wildman–Crippen MR) is 153 cm³/mol. The van der Waals surface area contributed by atoms with E-state index in [4.69, 9.17) is 33.7 Å². The molecule has 1 aliphatic heterocycles. The van der Waals surface area contributed by atoms with E-state index in [1.54, 1.807) is 63.2 Å². The van der Waals surface area contributed by atoms with Crippen LogP contribution in [0, 0.1) is 0 Å². The molecule has 1 saturated heterocycles. The first-order valence-electron chi connectivity index (χ1n) is 14.0. The average Bonchev–Trinajstić information content (AvgIpc) is 3.27. The maximum atomic E-state index is 14.3. The second kappa shape index (κ2) is 11.8. The summed E-state index contributed by atoms with van der Waals surface area (Å²) in [5.41, 5.74) is 3.75. The number of fused-ring (bicyclic) bond motifs is 2. The minimum Gasteiger partial charge on any atom is -0.468 e. The van der Waals surface area contributed by atoms with E-state index in [1.807, 2.05) is 0 Å². The Balaban J connectivity index is 1.57. The number of hydrogen-bond donors (Lipinski definition) is 2. The van der Waals surface area contributed by atoms with Gasteiger partial charge in [-0.2, -0.15) is 10.2 Å². The van der Waals surface area contributed by atoms with Gasteiger partial charge >= 0.3 is 25.7 Å². The maximum Gasteiger partial charge on any atom is 0.459 e. The van der Waals surface area contributed by atoms with Crippen LogP contribution in [0.25, 0.3) is 5.52 Å². The minimum atomic E-state index is -4.43. The van der Waals surface area contributed by atoms with Crippen molar-refractivity contribution in [1.29, 1.82) is 0 Å². The first-order valence-corrected chi connectivity index (χ1v) is 15.5. The summed E-state index contributed by atoms with van der Waals surface area (Å²) in [6.07, 6.45) is -2.39. The number of nitrogens with one attached hydrogen (secondary N) is 1. The highest BCUT2D eigenvalue weighted by molar-refractivity contribution is 7.52. The van der Waals surface area contributed by atoms with Crippen molar-refractivity contribution in [2.75, 3.05) is 12.8 Å². The number of nitrogens with two attached hydrogens (primary N) is 1. The van der Waals surface area contributed by atoms with Gasteiger partial charge in [-0.05, 0) is 38.1 Å². The number of benzene rings is 1. The molecule has 2 aliphatic rings. The molecule has 3 aromatic rings. The Kier molecular flexibility index (Phi) is 8.42. The van der Waals surface area contributed by atoms with Crippen LogP contribution < -0.4 is 15.3 Å². The number of esters is 3. The third-order valence-electron chi connectivity index (χ3n) is 7.57. The lowest BCUT2D eigenvalue weighted by atomic mass is 9.90. The number of methoxy groups -OCH3 is 1. The molecule has 0 radical (unpaired) electrons. The zero-order valence-electron chi connectivity index (χ0n) is 24.8. The van der Waals surface area contributed by atoms with Crippen molar-refractivity contribution < 1.29 is 46.9 Å². The molecule has 2 fully saturated rings. The summed E-state index contributed by atoms with van der Waals surface area (Å²) in [7, 11) is -3.25. The van der Waals surface area contributed by atoms with Crippen LogP contribution in [-0.2, 0) is 48.0 Å². The second-order valence-corrected chi connectivity index (χ2v) is 12.2. The van der Waals surface area contributed by atoms with Crippen molar-refractivity contribution in [2.24, 2.45) is 0 Å². The van der Waals surface area contributed by atoms with Crippen LogP contribution in [0.4, 0.5) is 5.82 Å². The molecule has 1 saturated carbocycles. The normalized spacial score (nSPS) is 27.5. The number of hydrogen-bond acceptors (Lipinski definition) is 13. The smallest absolute Gasteiger partial charge is 0.459 e. The Hall–Kier alpha value is -4.04. The van der Waals surface area contributed by atoms with E-state index in [1.165, 1.54) is 24.9 Å². The van der Waals surface area contributed by atoms with Crippen LogP contribution in [0.15, 0.2) is 48.8 Å². The van der Waals surface area contributed by atoms with Crippen LogP contribution in [0.1, 0.15) is 46.2 Å². The molecule has 3 heterocycles. The largest absolute Gasteiger partial charge is 0.468 e. The van der Waals surface area contributed by atoms with Gasteiger partial charge in [0.2, 0.25) is 5.60 Å². The zero-order chi connectivity index (χ0) is 31.9. The minimum absolute atomic E-state index is 0.00158. The van der Waals surface area contributed by atoms with Gasteiger partial charge in [-0.1, -0.05) is 32.0 Å². The first kappa shape index (κ1) is 31.4. The average molecular weight is 632 g/mol. The van der Waals surface area contributed by atoms with Gasteiger partial charge in [0.05, 0.1) is 12.8 Å². The molecule has 0 spiro atoms. The van der Waals surface area contributed by atoms with Gasteiger partial charge in [0, 0.05) is 12.8 Å². The standard InChI is InChI=1S/C28H34N5O10P/c1-6-20(34)39-26-27(4,19-14-13-18-24(29)30-15-31-33(18)19)41-22-23(28(22,26)40-21(35)7-2)43-44(37,32-16(3)25(36)38-5)42-17-11-9-8-10-12-17/h8-16,22-23,26H,6-7H2,1-5H3,(H,32,37)(H2,29,30,31)/t16-,22+,23?,26-,27-,28-,44?/m0/s1. The van der Waals surface area contributed by atoms with E-state index in [0.29, 0.717) is 11.2 Å². The number of nitrogen functional groups attached to an aromatic ring is 1. The summed E-state index contributed by atoms with van der Waals surface area (Å²) in [5.74, 6) is -1.61. The van der Waals surface area contributed by atoms with Crippen molar-refractivity contribution >= 4 is 37.0 Å². The number of rotatable bonds is 12. The molecule has 236 valence electrons. The number of carbonyl (C=O) groups is 3. The van der Waals surface area contributed by atoms with E-state index in [9.17, 15) is 18.9 Å². The van der Waals surface area contributed by atoms with Gasteiger partial charge in [-0.3, -0.25) is 18.9 Å². The van der Waals surface area contributed by atoms with Crippen molar-refractivity contribution in [3.63, 3.8) is 0 Å². The molecule has 1 aliphatic carbocycles. The number of carbonyl (C=O) groups excluding carboxylic acids is 3. The Morgan fingerprint density at radius 1 is 1.14 bits per heavy atom. The Labute approximate surface area is 252 Å². The number of ether oxygens (including phenoxy) is 4. The third-order valence-corrected chi connectivity index (χ3v) is 9.23. The summed E-state index contributed by atoms with van der Waals surface area (Å²) in [6.45, 7) is 6.28. The summed E-state index contributed by atoms with van der Waals surface area (Å²) in [6, 6.07) is 10.4.